The summed E-state index contributed by atoms with van der Waals surface area (Å²) >= 11 is 0. The summed E-state index contributed by atoms with van der Waals surface area (Å²) in [6.45, 7) is 14.0. The Kier molecular flexibility index (Phi) is 57.6. The first-order valence-corrected chi connectivity index (χ1v) is 38.7. The van der Waals surface area contributed by atoms with Crippen molar-refractivity contribution in [3.8, 4) is 0 Å². The van der Waals surface area contributed by atoms with Crippen molar-refractivity contribution >= 4 is 39.5 Å². The summed E-state index contributed by atoms with van der Waals surface area (Å²) < 4.78 is 68.1. The molecule has 0 saturated carbocycles. The Morgan fingerprint density at radius 3 is 0.807 bits per heavy atom. The Labute approximate surface area is 537 Å². The number of ether oxygens (including phenoxy) is 4. The van der Waals surface area contributed by atoms with E-state index < -0.39 is 97.5 Å². The monoisotopic (exact) mass is 1300 g/mol. The molecule has 0 aliphatic carbocycles. The molecule has 0 amide bonds. The molecule has 0 rings (SSSR count). The van der Waals surface area contributed by atoms with Gasteiger partial charge in [0.05, 0.1) is 26.4 Å². The van der Waals surface area contributed by atoms with Gasteiger partial charge in [-0.3, -0.25) is 37.3 Å². The number of hydrogen-bond donors (Lipinski definition) is 3. The number of phosphoric acid groups is 2. The standard InChI is InChI=1S/C69H134O17P2/c1-9-62(8)48-40-32-22-18-14-12-10-11-13-15-19-24-35-43-51-68(73)85-64(56-80-67(72)50-42-34-27-25-30-38-46-60(4)5)57-83-87(75,76)81-53-63(70)54-82-88(77,78)84-58-65(86-69(74)52-44-36-28-26-31-39-47-61(6)7)55-79-66(71)49-41-33-23-20-16-17-21-29-37-45-59(2)3/h59-65,70H,9-58H2,1-8H3,(H,75,76)(H,77,78)/t62?,63-,64+,65+/m0/s1. The van der Waals surface area contributed by atoms with Crippen LogP contribution in [-0.2, 0) is 65.4 Å². The van der Waals surface area contributed by atoms with E-state index in [0.717, 1.165) is 108 Å². The molecule has 3 N–H and O–H groups in total. The molecule has 0 aliphatic rings. The van der Waals surface area contributed by atoms with Crippen molar-refractivity contribution < 1.29 is 80.2 Å². The Balaban J connectivity index is 5.19. The largest absolute Gasteiger partial charge is 0.472 e. The van der Waals surface area contributed by atoms with Gasteiger partial charge in [-0.1, -0.05) is 287 Å². The van der Waals surface area contributed by atoms with Crippen LogP contribution < -0.4 is 0 Å². The lowest BCUT2D eigenvalue weighted by atomic mass is 9.99. The fourth-order valence-corrected chi connectivity index (χ4v) is 11.9. The van der Waals surface area contributed by atoms with E-state index in [-0.39, 0.29) is 25.7 Å². The summed E-state index contributed by atoms with van der Waals surface area (Å²) in [7, 11) is -9.90. The Morgan fingerprint density at radius 1 is 0.318 bits per heavy atom. The van der Waals surface area contributed by atoms with Crippen molar-refractivity contribution in [3.05, 3.63) is 0 Å². The SMILES string of the molecule is CCC(C)CCCCCCCCCCCCCCCCC(=O)O[C@H](COC(=O)CCCCCCCCC(C)C)COP(=O)(O)OC[C@H](O)COP(=O)(O)OC[C@@H](COC(=O)CCCCCCCCCCCC(C)C)OC(=O)CCCCCCCCC(C)C. The van der Waals surface area contributed by atoms with Crippen molar-refractivity contribution in [2.24, 2.45) is 23.7 Å². The number of phosphoric ester groups is 2. The zero-order valence-corrected chi connectivity index (χ0v) is 59.1. The molecule has 6 atom stereocenters. The minimum atomic E-state index is -4.95. The first-order chi connectivity index (χ1) is 42.1. The highest BCUT2D eigenvalue weighted by Gasteiger charge is 2.30. The van der Waals surface area contributed by atoms with E-state index in [4.69, 9.17) is 37.0 Å². The third kappa shape index (κ3) is 61.6. The first-order valence-electron chi connectivity index (χ1n) is 35.7. The van der Waals surface area contributed by atoms with Crippen LogP contribution in [0.2, 0.25) is 0 Å². The summed E-state index contributed by atoms with van der Waals surface area (Å²) in [4.78, 5) is 72.4. The predicted octanol–water partition coefficient (Wildman–Crippen LogP) is 19.3. The molecule has 0 saturated heterocycles. The van der Waals surface area contributed by atoms with Gasteiger partial charge in [0.25, 0.3) is 0 Å². The highest BCUT2D eigenvalue weighted by atomic mass is 31.2. The third-order valence-corrected chi connectivity index (χ3v) is 18.1. The molecule has 0 spiro atoms. The first kappa shape index (κ1) is 86.1. The van der Waals surface area contributed by atoms with Crippen LogP contribution in [0.1, 0.15) is 338 Å². The maximum Gasteiger partial charge on any atom is 0.472 e. The minimum absolute atomic E-state index is 0.101. The molecule has 0 fully saturated rings. The molecule has 0 aliphatic heterocycles. The zero-order chi connectivity index (χ0) is 65.4. The Hall–Kier alpha value is -1.94. The average Bonchev–Trinajstić information content (AvgIpc) is 3.65. The van der Waals surface area contributed by atoms with Crippen LogP contribution >= 0.6 is 15.6 Å². The quantitative estimate of drug-likeness (QED) is 0.0222. The molecule has 0 aromatic rings. The molecule has 0 radical (unpaired) electrons. The molecule has 19 heteroatoms. The number of esters is 4. The summed E-state index contributed by atoms with van der Waals surface area (Å²) in [5.74, 6) is 0.801. The lowest BCUT2D eigenvalue weighted by Crippen LogP contribution is -2.30. The number of aliphatic hydroxyl groups excluding tert-OH is 1. The van der Waals surface area contributed by atoms with Gasteiger partial charge in [-0.15, -0.1) is 0 Å². The van der Waals surface area contributed by atoms with E-state index >= 15 is 0 Å². The highest BCUT2D eigenvalue weighted by molar-refractivity contribution is 7.47. The van der Waals surface area contributed by atoms with Gasteiger partial charge in [-0.25, -0.2) is 9.13 Å². The van der Waals surface area contributed by atoms with E-state index in [1.165, 1.54) is 135 Å². The highest BCUT2D eigenvalue weighted by Crippen LogP contribution is 2.45. The fraction of sp³-hybridized carbons (Fsp3) is 0.942. The van der Waals surface area contributed by atoms with Crippen molar-refractivity contribution in [1.82, 2.24) is 0 Å². The fourth-order valence-electron chi connectivity index (χ4n) is 10.3. The molecule has 0 aromatic carbocycles. The molecular formula is C69H134O17P2. The molecule has 0 aromatic heterocycles. The molecule has 88 heavy (non-hydrogen) atoms. The predicted molar refractivity (Wildman–Crippen MR) is 354 cm³/mol. The van der Waals surface area contributed by atoms with Gasteiger partial charge in [0, 0.05) is 25.7 Å². The molecule has 522 valence electrons. The number of unbranched alkanes of at least 4 members (excludes halogenated alkanes) is 31. The summed E-state index contributed by atoms with van der Waals surface area (Å²) in [6, 6.07) is 0. The molecule has 3 unspecified atom stereocenters. The lowest BCUT2D eigenvalue weighted by Gasteiger charge is -2.21. The minimum Gasteiger partial charge on any atom is -0.462 e. The van der Waals surface area contributed by atoms with Gasteiger partial charge in [-0.2, -0.15) is 0 Å². The van der Waals surface area contributed by atoms with Crippen molar-refractivity contribution in [2.45, 2.75) is 356 Å². The second kappa shape index (κ2) is 58.8. The van der Waals surface area contributed by atoms with Gasteiger partial charge in [0.1, 0.15) is 19.3 Å². The second-order valence-corrected chi connectivity index (χ2v) is 29.5. The van der Waals surface area contributed by atoms with E-state index in [2.05, 4.69) is 55.4 Å². The maximum atomic E-state index is 13.0. The van der Waals surface area contributed by atoms with Crippen LogP contribution in [0, 0.1) is 23.7 Å². The van der Waals surface area contributed by atoms with Crippen LogP contribution in [0.4, 0.5) is 0 Å². The third-order valence-electron chi connectivity index (χ3n) is 16.2. The number of aliphatic hydroxyl groups is 1. The van der Waals surface area contributed by atoms with Crippen LogP contribution in [0.3, 0.4) is 0 Å². The molecule has 0 heterocycles. The van der Waals surface area contributed by atoms with E-state index in [0.29, 0.717) is 37.5 Å². The topological polar surface area (TPSA) is 237 Å². The molecule has 17 nitrogen and oxygen atoms in total. The Bertz CT molecular complexity index is 1750. The molecular weight excluding hydrogens is 1160 g/mol. The second-order valence-electron chi connectivity index (χ2n) is 26.6. The summed E-state index contributed by atoms with van der Waals surface area (Å²) in [6.07, 6.45) is 40.6. The lowest BCUT2D eigenvalue weighted by molar-refractivity contribution is -0.161. The van der Waals surface area contributed by atoms with Crippen molar-refractivity contribution in [2.75, 3.05) is 39.6 Å². The van der Waals surface area contributed by atoms with Crippen molar-refractivity contribution in [3.63, 3.8) is 0 Å². The van der Waals surface area contributed by atoms with Gasteiger partial charge >= 0.3 is 39.5 Å². The number of hydrogen-bond acceptors (Lipinski definition) is 15. The van der Waals surface area contributed by atoms with Gasteiger partial charge in [-0.05, 0) is 49.4 Å². The van der Waals surface area contributed by atoms with Gasteiger partial charge in [0.2, 0.25) is 0 Å². The van der Waals surface area contributed by atoms with Crippen LogP contribution in [0.25, 0.3) is 0 Å². The number of rotatable bonds is 66. The van der Waals surface area contributed by atoms with Gasteiger partial charge < -0.3 is 33.8 Å². The molecule has 0 bridgehead atoms. The van der Waals surface area contributed by atoms with E-state index in [1.54, 1.807) is 0 Å². The number of carbonyl (C=O) groups is 4. The van der Waals surface area contributed by atoms with Gasteiger partial charge in [0.15, 0.2) is 12.2 Å². The van der Waals surface area contributed by atoms with E-state index in [1.807, 2.05) is 0 Å². The summed E-state index contributed by atoms with van der Waals surface area (Å²) in [5.41, 5.74) is 0. The summed E-state index contributed by atoms with van der Waals surface area (Å²) in [5, 5.41) is 10.6. The average molecular weight is 1300 g/mol. The van der Waals surface area contributed by atoms with Crippen LogP contribution in [0.5, 0.6) is 0 Å². The normalized spacial score (nSPS) is 14.6. The van der Waals surface area contributed by atoms with Crippen molar-refractivity contribution in [1.29, 1.82) is 0 Å². The Morgan fingerprint density at radius 2 is 0.545 bits per heavy atom. The zero-order valence-electron chi connectivity index (χ0n) is 57.3. The number of carbonyl (C=O) groups excluding carboxylic acids is 4. The maximum absolute atomic E-state index is 13.0. The van der Waals surface area contributed by atoms with E-state index in [9.17, 15) is 43.2 Å². The van der Waals surface area contributed by atoms with Crippen LogP contribution in [0.15, 0.2) is 0 Å². The van der Waals surface area contributed by atoms with Crippen LogP contribution in [-0.4, -0.2) is 96.7 Å². The smallest absolute Gasteiger partial charge is 0.462 e.